The lowest BCUT2D eigenvalue weighted by Crippen LogP contribution is -2.24. The number of H-pyrrole nitrogens is 2. The summed E-state index contributed by atoms with van der Waals surface area (Å²) < 4.78 is 0. The number of thioether (sulfide) groups is 2. The molecule has 7 heteroatoms. The Kier molecular flexibility index (Phi) is 7.02. The SMILES string of the molecule is CC(SCCN(C)CCSC(C)c1nc2ccccc2[nH]1)c1nc2ccccc2[nH]1. The fourth-order valence-electron chi connectivity index (χ4n) is 3.37. The Labute approximate surface area is 186 Å². The number of nitrogens with one attached hydrogen (secondary N) is 2. The van der Waals surface area contributed by atoms with Crippen LogP contribution in [0.3, 0.4) is 0 Å². The van der Waals surface area contributed by atoms with Gasteiger partial charge in [0.05, 0.1) is 32.6 Å². The van der Waals surface area contributed by atoms with Crippen LogP contribution in [0.25, 0.3) is 22.1 Å². The molecule has 4 rings (SSSR count). The average Bonchev–Trinajstić information content (AvgIpc) is 3.38. The number of rotatable bonds is 10. The number of imidazole rings is 2. The maximum atomic E-state index is 4.72. The summed E-state index contributed by atoms with van der Waals surface area (Å²) >= 11 is 3.91. The van der Waals surface area contributed by atoms with E-state index in [9.17, 15) is 0 Å². The van der Waals surface area contributed by atoms with Gasteiger partial charge in [-0.05, 0) is 45.2 Å². The lowest BCUT2D eigenvalue weighted by Gasteiger charge is -2.18. The standard InChI is InChI=1S/C23H29N5S2/c1-16(22-24-18-8-4-5-9-19(18)25-22)29-14-12-28(3)13-15-30-17(2)23-26-20-10-6-7-11-21(20)27-23/h4-11,16-17H,12-15H2,1-3H3,(H,24,25)(H,26,27). The van der Waals surface area contributed by atoms with Crippen LogP contribution in [0.5, 0.6) is 0 Å². The van der Waals surface area contributed by atoms with Crippen LogP contribution in [0.2, 0.25) is 0 Å². The Bertz CT molecular complexity index is 937. The smallest absolute Gasteiger partial charge is 0.120 e. The number of aromatic amines is 2. The van der Waals surface area contributed by atoms with Crippen molar-refractivity contribution in [2.24, 2.45) is 0 Å². The number of nitrogens with zero attached hydrogens (tertiary/aromatic N) is 3. The van der Waals surface area contributed by atoms with Crippen LogP contribution >= 0.6 is 23.5 Å². The Morgan fingerprint density at radius 2 is 1.20 bits per heavy atom. The minimum atomic E-state index is 0.369. The molecular weight excluding hydrogens is 410 g/mol. The zero-order valence-corrected chi connectivity index (χ0v) is 19.4. The van der Waals surface area contributed by atoms with Gasteiger partial charge in [-0.15, -0.1) is 23.5 Å². The average molecular weight is 440 g/mol. The molecule has 2 aromatic heterocycles. The molecule has 0 bridgehead atoms. The third kappa shape index (κ3) is 5.20. The molecule has 0 amide bonds. The molecule has 30 heavy (non-hydrogen) atoms. The number of para-hydroxylation sites is 4. The minimum absolute atomic E-state index is 0.369. The molecule has 2 atom stereocenters. The molecular formula is C23H29N5S2. The van der Waals surface area contributed by atoms with Crippen LogP contribution in [-0.2, 0) is 0 Å². The van der Waals surface area contributed by atoms with Gasteiger partial charge in [0, 0.05) is 24.6 Å². The highest BCUT2D eigenvalue weighted by Crippen LogP contribution is 2.29. The summed E-state index contributed by atoms with van der Waals surface area (Å²) in [6.45, 7) is 6.62. The molecule has 0 aliphatic rings. The topological polar surface area (TPSA) is 60.6 Å². The Morgan fingerprint density at radius 1 is 0.767 bits per heavy atom. The molecule has 158 valence electrons. The van der Waals surface area contributed by atoms with Crippen molar-refractivity contribution in [3.63, 3.8) is 0 Å². The predicted octanol–water partition coefficient (Wildman–Crippen LogP) is 5.66. The van der Waals surface area contributed by atoms with Gasteiger partial charge in [0.2, 0.25) is 0 Å². The number of aromatic nitrogens is 4. The van der Waals surface area contributed by atoms with Gasteiger partial charge in [-0.25, -0.2) is 9.97 Å². The van der Waals surface area contributed by atoms with Crippen molar-refractivity contribution in [2.75, 3.05) is 31.6 Å². The third-order valence-corrected chi connectivity index (χ3v) is 7.55. The normalized spacial score (nSPS) is 14.0. The Morgan fingerprint density at radius 3 is 1.63 bits per heavy atom. The van der Waals surface area contributed by atoms with E-state index in [2.05, 4.69) is 60.0 Å². The van der Waals surface area contributed by atoms with Gasteiger partial charge in [-0.2, -0.15) is 0 Å². The van der Waals surface area contributed by atoms with Gasteiger partial charge >= 0.3 is 0 Å². The fourth-order valence-corrected chi connectivity index (χ4v) is 5.45. The van der Waals surface area contributed by atoms with Crippen molar-refractivity contribution < 1.29 is 0 Å². The number of benzene rings is 2. The van der Waals surface area contributed by atoms with E-state index in [4.69, 9.17) is 9.97 Å². The monoisotopic (exact) mass is 439 g/mol. The van der Waals surface area contributed by atoms with Crippen molar-refractivity contribution in [2.45, 2.75) is 24.3 Å². The van der Waals surface area contributed by atoms with Crippen molar-refractivity contribution in [1.29, 1.82) is 0 Å². The van der Waals surface area contributed by atoms with Gasteiger partial charge in [0.15, 0.2) is 0 Å². The van der Waals surface area contributed by atoms with E-state index in [0.29, 0.717) is 10.5 Å². The van der Waals surface area contributed by atoms with E-state index < -0.39 is 0 Å². The van der Waals surface area contributed by atoms with Gasteiger partial charge in [-0.1, -0.05) is 24.3 Å². The molecule has 2 N–H and O–H groups in total. The number of hydrogen-bond acceptors (Lipinski definition) is 5. The molecule has 0 radical (unpaired) electrons. The molecule has 0 saturated heterocycles. The fraction of sp³-hybridized carbons (Fsp3) is 0.391. The molecule has 2 heterocycles. The minimum Gasteiger partial charge on any atom is -0.341 e. The predicted molar refractivity (Wildman–Crippen MR) is 131 cm³/mol. The summed E-state index contributed by atoms with van der Waals surface area (Å²) in [5.74, 6) is 4.33. The second-order valence-corrected chi connectivity index (χ2v) is 10.5. The third-order valence-electron chi connectivity index (χ3n) is 5.27. The van der Waals surface area contributed by atoms with E-state index in [1.807, 2.05) is 47.8 Å². The number of hydrogen-bond donors (Lipinski definition) is 2. The first-order chi connectivity index (χ1) is 14.6. The molecule has 0 fully saturated rings. The second-order valence-electron chi connectivity index (χ2n) is 7.61. The summed E-state index contributed by atoms with van der Waals surface area (Å²) in [7, 11) is 2.21. The van der Waals surface area contributed by atoms with Crippen LogP contribution in [0.4, 0.5) is 0 Å². The van der Waals surface area contributed by atoms with E-state index in [0.717, 1.165) is 58.3 Å². The summed E-state index contributed by atoms with van der Waals surface area (Å²) in [5.41, 5.74) is 4.33. The van der Waals surface area contributed by atoms with Gasteiger partial charge < -0.3 is 14.9 Å². The zero-order chi connectivity index (χ0) is 20.9. The highest BCUT2D eigenvalue weighted by molar-refractivity contribution is 7.99. The molecule has 4 aromatic rings. The lowest BCUT2D eigenvalue weighted by atomic mass is 10.3. The first kappa shape index (κ1) is 21.3. The summed E-state index contributed by atoms with van der Waals surface area (Å²) in [4.78, 5) is 18.8. The van der Waals surface area contributed by atoms with E-state index in [1.54, 1.807) is 0 Å². The molecule has 0 spiro atoms. The van der Waals surface area contributed by atoms with Gasteiger partial charge in [-0.3, -0.25) is 0 Å². The summed E-state index contributed by atoms with van der Waals surface area (Å²) in [5, 5.41) is 0.738. The molecule has 2 aromatic carbocycles. The van der Waals surface area contributed by atoms with Crippen molar-refractivity contribution in [3.05, 3.63) is 60.2 Å². The quantitative estimate of drug-likeness (QED) is 0.334. The summed E-state index contributed by atoms with van der Waals surface area (Å²) in [6, 6.07) is 16.4. The highest BCUT2D eigenvalue weighted by atomic mass is 32.2. The molecule has 0 aliphatic carbocycles. The summed E-state index contributed by atoms with van der Waals surface area (Å²) in [6.07, 6.45) is 0. The maximum Gasteiger partial charge on any atom is 0.120 e. The largest absolute Gasteiger partial charge is 0.341 e. The Balaban J connectivity index is 1.17. The molecule has 0 aliphatic heterocycles. The maximum absolute atomic E-state index is 4.72. The van der Waals surface area contributed by atoms with Crippen molar-refractivity contribution >= 4 is 45.6 Å². The van der Waals surface area contributed by atoms with Crippen LogP contribution in [0.1, 0.15) is 36.0 Å². The van der Waals surface area contributed by atoms with Crippen LogP contribution < -0.4 is 0 Å². The van der Waals surface area contributed by atoms with Crippen molar-refractivity contribution in [1.82, 2.24) is 24.8 Å². The van der Waals surface area contributed by atoms with Crippen molar-refractivity contribution in [3.8, 4) is 0 Å². The zero-order valence-electron chi connectivity index (χ0n) is 17.8. The van der Waals surface area contributed by atoms with E-state index >= 15 is 0 Å². The van der Waals surface area contributed by atoms with E-state index in [1.165, 1.54) is 0 Å². The second kappa shape index (κ2) is 9.90. The Hall–Kier alpha value is -1.96. The molecule has 5 nitrogen and oxygen atoms in total. The van der Waals surface area contributed by atoms with Crippen LogP contribution in [-0.4, -0.2) is 56.5 Å². The molecule has 0 saturated carbocycles. The first-order valence-electron chi connectivity index (χ1n) is 10.4. The van der Waals surface area contributed by atoms with E-state index in [-0.39, 0.29) is 0 Å². The first-order valence-corrected chi connectivity index (χ1v) is 12.5. The van der Waals surface area contributed by atoms with Crippen LogP contribution in [0.15, 0.2) is 48.5 Å². The van der Waals surface area contributed by atoms with Gasteiger partial charge in [0.1, 0.15) is 11.6 Å². The molecule has 2 unspecified atom stereocenters. The highest BCUT2D eigenvalue weighted by Gasteiger charge is 2.13. The lowest BCUT2D eigenvalue weighted by molar-refractivity contribution is 0.379. The van der Waals surface area contributed by atoms with Crippen LogP contribution in [0, 0.1) is 0 Å². The number of fused-ring (bicyclic) bond motifs is 2. The van der Waals surface area contributed by atoms with Gasteiger partial charge in [0.25, 0.3) is 0 Å².